The number of benzene rings is 1. The molecule has 1 aliphatic rings. The van der Waals surface area contributed by atoms with Gasteiger partial charge >= 0.3 is 0 Å². The molecular weight excluding hydrogens is 288 g/mol. The van der Waals surface area contributed by atoms with Crippen LogP contribution in [0.4, 0.5) is 8.78 Å². The Morgan fingerprint density at radius 1 is 1.30 bits per heavy atom. The number of amides is 1. The molecule has 0 aromatic heterocycles. The molecule has 110 valence electrons. The summed E-state index contributed by atoms with van der Waals surface area (Å²) in [7, 11) is 0. The van der Waals surface area contributed by atoms with E-state index in [4.69, 9.17) is 16.3 Å². The number of likely N-dealkylation sites (tertiary alicyclic amines) is 1. The lowest BCUT2D eigenvalue weighted by Gasteiger charge is -2.32. The zero-order valence-electron chi connectivity index (χ0n) is 10.9. The van der Waals surface area contributed by atoms with Crippen LogP contribution in [0.5, 0.6) is 0 Å². The van der Waals surface area contributed by atoms with Gasteiger partial charge in [0.1, 0.15) is 0 Å². The van der Waals surface area contributed by atoms with Gasteiger partial charge in [0.2, 0.25) is 0 Å². The predicted molar refractivity (Wildman–Crippen MR) is 72.0 cm³/mol. The van der Waals surface area contributed by atoms with E-state index in [0.717, 1.165) is 25.0 Å². The molecule has 1 heterocycles. The number of hydrogen-bond acceptors (Lipinski definition) is 2. The Hall–Kier alpha value is -1.20. The molecule has 1 amide bonds. The quantitative estimate of drug-likeness (QED) is 0.801. The number of nitrogens with zero attached hydrogens (tertiary/aromatic N) is 1. The Morgan fingerprint density at radius 2 is 2.00 bits per heavy atom. The molecule has 0 radical (unpaired) electrons. The summed E-state index contributed by atoms with van der Waals surface area (Å²) >= 11 is 5.55. The highest BCUT2D eigenvalue weighted by Gasteiger charge is 2.24. The van der Waals surface area contributed by atoms with Crippen LogP contribution in [0.15, 0.2) is 18.2 Å². The molecule has 0 N–H and O–H groups in total. The lowest BCUT2D eigenvalue weighted by Crippen LogP contribution is -2.41. The number of alkyl halides is 1. The number of piperidine rings is 1. The van der Waals surface area contributed by atoms with Gasteiger partial charge in [-0.25, -0.2) is 8.78 Å². The summed E-state index contributed by atoms with van der Waals surface area (Å²) in [6.45, 7) is 1.60. The maximum absolute atomic E-state index is 13.1. The van der Waals surface area contributed by atoms with E-state index in [9.17, 15) is 13.6 Å². The molecule has 1 aliphatic heterocycles. The van der Waals surface area contributed by atoms with Crippen molar-refractivity contribution >= 4 is 17.5 Å². The molecule has 0 spiro atoms. The molecule has 1 fully saturated rings. The Labute approximate surface area is 121 Å². The topological polar surface area (TPSA) is 29.5 Å². The Kier molecular flexibility index (Phi) is 5.31. The SMILES string of the molecule is O=C(c1ccc(F)c(F)c1)N1CCC(OCCCl)CC1. The average molecular weight is 304 g/mol. The largest absolute Gasteiger partial charge is 0.377 e. The van der Waals surface area contributed by atoms with Crippen molar-refractivity contribution in [2.45, 2.75) is 18.9 Å². The molecule has 3 nitrogen and oxygen atoms in total. The normalized spacial score (nSPS) is 16.4. The van der Waals surface area contributed by atoms with Crippen molar-refractivity contribution < 1.29 is 18.3 Å². The van der Waals surface area contributed by atoms with E-state index in [1.807, 2.05) is 0 Å². The minimum Gasteiger partial charge on any atom is -0.377 e. The highest BCUT2D eigenvalue weighted by molar-refractivity contribution is 6.17. The summed E-state index contributed by atoms with van der Waals surface area (Å²) in [5.41, 5.74) is 0.170. The van der Waals surface area contributed by atoms with Crippen molar-refractivity contribution in [3.8, 4) is 0 Å². The minimum atomic E-state index is -1.00. The maximum atomic E-state index is 13.1. The number of ether oxygens (including phenoxy) is 1. The van der Waals surface area contributed by atoms with E-state index in [2.05, 4.69) is 0 Å². The summed E-state index contributed by atoms with van der Waals surface area (Å²) in [6.07, 6.45) is 1.57. The van der Waals surface area contributed by atoms with Crippen LogP contribution >= 0.6 is 11.6 Å². The Balaban J connectivity index is 1.92. The van der Waals surface area contributed by atoms with E-state index < -0.39 is 11.6 Å². The second kappa shape index (κ2) is 6.99. The van der Waals surface area contributed by atoms with Crippen molar-refractivity contribution in [1.82, 2.24) is 4.90 Å². The van der Waals surface area contributed by atoms with E-state index in [0.29, 0.717) is 25.6 Å². The minimum absolute atomic E-state index is 0.114. The first-order chi connectivity index (χ1) is 9.61. The van der Waals surface area contributed by atoms with Crippen LogP contribution in [-0.2, 0) is 4.74 Å². The van der Waals surface area contributed by atoms with Gasteiger partial charge in [-0.3, -0.25) is 4.79 Å². The molecule has 0 aliphatic carbocycles. The summed E-state index contributed by atoms with van der Waals surface area (Å²) in [5.74, 6) is -1.78. The third-order valence-electron chi connectivity index (χ3n) is 3.33. The zero-order valence-corrected chi connectivity index (χ0v) is 11.7. The molecule has 1 aromatic carbocycles. The first-order valence-corrected chi connectivity index (χ1v) is 7.07. The molecule has 2 rings (SSSR count). The van der Waals surface area contributed by atoms with E-state index in [1.165, 1.54) is 6.07 Å². The predicted octanol–water partition coefficient (Wildman–Crippen LogP) is 2.82. The van der Waals surface area contributed by atoms with Crippen LogP contribution in [0.3, 0.4) is 0 Å². The highest BCUT2D eigenvalue weighted by Crippen LogP contribution is 2.17. The van der Waals surface area contributed by atoms with Gasteiger partial charge in [-0.15, -0.1) is 11.6 Å². The average Bonchev–Trinajstić information content (AvgIpc) is 2.48. The van der Waals surface area contributed by atoms with Gasteiger partial charge in [-0.1, -0.05) is 0 Å². The van der Waals surface area contributed by atoms with E-state index in [1.54, 1.807) is 4.90 Å². The third-order valence-corrected chi connectivity index (χ3v) is 3.48. The number of rotatable bonds is 4. The van der Waals surface area contributed by atoms with Crippen molar-refractivity contribution in [2.24, 2.45) is 0 Å². The Bertz CT molecular complexity index is 476. The summed E-state index contributed by atoms with van der Waals surface area (Å²) in [6, 6.07) is 3.21. The van der Waals surface area contributed by atoms with Crippen LogP contribution in [0.25, 0.3) is 0 Å². The number of carbonyl (C=O) groups is 1. The Morgan fingerprint density at radius 3 is 2.60 bits per heavy atom. The molecule has 6 heteroatoms. The van der Waals surface area contributed by atoms with Crippen LogP contribution in [0.2, 0.25) is 0 Å². The smallest absolute Gasteiger partial charge is 0.253 e. The second-order valence-electron chi connectivity index (χ2n) is 4.68. The van der Waals surface area contributed by atoms with Gasteiger partial charge in [-0.05, 0) is 31.0 Å². The van der Waals surface area contributed by atoms with Crippen molar-refractivity contribution in [3.63, 3.8) is 0 Å². The molecule has 20 heavy (non-hydrogen) atoms. The first kappa shape index (κ1) is 15.2. The van der Waals surface area contributed by atoms with Crippen LogP contribution in [0, 0.1) is 11.6 Å². The summed E-state index contributed by atoms with van der Waals surface area (Å²) < 4.78 is 31.5. The fourth-order valence-corrected chi connectivity index (χ4v) is 2.34. The summed E-state index contributed by atoms with van der Waals surface area (Å²) in [5, 5.41) is 0. The lowest BCUT2D eigenvalue weighted by atomic mass is 10.1. The number of halogens is 3. The number of hydrogen-bond donors (Lipinski definition) is 0. The molecular formula is C14H16ClF2NO2. The van der Waals surface area contributed by atoms with Gasteiger partial charge in [0.25, 0.3) is 5.91 Å². The van der Waals surface area contributed by atoms with Gasteiger partial charge in [0, 0.05) is 24.5 Å². The lowest BCUT2D eigenvalue weighted by molar-refractivity contribution is 0.0154. The second-order valence-corrected chi connectivity index (χ2v) is 5.06. The molecule has 0 saturated carbocycles. The fraction of sp³-hybridized carbons (Fsp3) is 0.500. The standard InChI is InChI=1S/C14H16ClF2NO2/c15-5-8-20-11-3-6-18(7-4-11)14(19)10-1-2-12(16)13(17)9-10/h1-2,9,11H,3-8H2. The van der Waals surface area contributed by atoms with Gasteiger partial charge in [0.15, 0.2) is 11.6 Å². The zero-order chi connectivity index (χ0) is 14.5. The van der Waals surface area contributed by atoms with Crippen LogP contribution in [-0.4, -0.2) is 42.5 Å². The monoisotopic (exact) mass is 303 g/mol. The van der Waals surface area contributed by atoms with E-state index in [-0.39, 0.29) is 17.6 Å². The van der Waals surface area contributed by atoms with Crippen LogP contribution in [0.1, 0.15) is 23.2 Å². The highest BCUT2D eigenvalue weighted by atomic mass is 35.5. The van der Waals surface area contributed by atoms with Crippen molar-refractivity contribution in [1.29, 1.82) is 0 Å². The maximum Gasteiger partial charge on any atom is 0.253 e. The van der Waals surface area contributed by atoms with Crippen molar-refractivity contribution in [2.75, 3.05) is 25.6 Å². The van der Waals surface area contributed by atoms with Gasteiger partial charge in [-0.2, -0.15) is 0 Å². The van der Waals surface area contributed by atoms with E-state index >= 15 is 0 Å². The molecule has 0 bridgehead atoms. The fourth-order valence-electron chi connectivity index (χ4n) is 2.25. The molecule has 1 saturated heterocycles. The molecule has 0 unspecified atom stereocenters. The van der Waals surface area contributed by atoms with Crippen molar-refractivity contribution in [3.05, 3.63) is 35.4 Å². The van der Waals surface area contributed by atoms with Crippen LogP contribution < -0.4 is 0 Å². The third kappa shape index (κ3) is 3.67. The summed E-state index contributed by atoms with van der Waals surface area (Å²) in [4.78, 5) is 13.8. The first-order valence-electron chi connectivity index (χ1n) is 6.53. The molecule has 1 aromatic rings. The van der Waals surface area contributed by atoms with Gasteiger partial charge in [0.05, 0.1) is 12.7 Å². The number of carbonyl (C=O) groups excluding carboxylic acids is 1. The molecule has 0 atom stereocenters. The van der Waals surface area contributed by atoms with Gasteiger partial charge < -0.3 is 9.64 Å².